The van der Waals surface area contributed by atoms with Crippen LogP contribution in [0.1, 0.15) is 40.5 Å². The molecule has 0 spiro atoms. The number of thioether (sulfide) groups is 1. The lowest BCUT2D eigenvalue weighted by atomic mass is 10.00. The first kappa shape index (κ1) is 26.2. The smallest absolute Gasteiger partial charge is 0.460 e. The Kier molecular flexibility index (Phi) is 8.85. The number of carbonyl (C=O) groups is 1. The maximum atomic E-state index is 13.4. The SMILES string of the molecule is CC(C)OC(=O)C(SCCCC(F)(F)C(F)(F)C(F)(F)C(F)(F)F)C(C)C. The van der Waals surface area contributed by atoms with Crippen molar-refractivity contribution >= 4 is 17.7 Å². The van der Waals surface area contributed by atoms with E-state index < -0.39 is 54.1 Å². The first-order valence-corrected chi connectivity index (χ1v) is 8.95. The van der Waals surface area contributed by atoms with Gasteiger partial charge in [-0.3, -0.25) is 4.79 Å². The van der Waals surface area contributed by atoms with Crippen molar-refractivity contribution in [2.75, 3.05) is 5.75 Å². The Labute approximate surface area is 155 Å². The fraction of sp³-hybridized carbons (Fsp3) is 0.933. The molecule has 0 bridgehead atoms. The van der Waals surface area contributed by atoms with E-state index in [1.54, 1.807) is 27.7 Å². The van der Waals surface area contributed by atoms with Crippen LogP contribution in [0.15, 0.2) is 0 Å². The summed E-state index contributed by atoms with van der Waals surface area (Å²) in [5, 5.41) is -0.821. The van der Waals surface area contributed by atoms with Crippen molar-refractivity contribution in [3.05, 3.63) is 0 Å². The zero-order valence-corrected chi connectivity index (χ0v) is 15.8. The van der Waals surface area contributed by atoms with Gasteiger partial charge in [-0.1, -0.05) is 13.8 Å². The minimum absolute atomic E-state index is 0.308. The quantitative estimate of drug-likeness (QED) is 0.241. The molecule has 0 amide bonds. The number of esters is 1. The number of halogens is 9. The minimum atomic E-state index is -6.88. The van der Waals surface area contributed by atoms with Crippen molar-refractivity contribution in [3.8, 4) is 0 Å². The molecule has 162 valence electrons. The molecule has 0 saturated heterocycles. The van der Waals surface area contributed by atoms with E-state index in [1.165, 1.54) is 0 Å². The fourth-order valence-corrected chi connectivity index (χ4v) is 3.04. The lowest BCUT2D eigenvalue weighted by Crippen LogP contribution is -2.60. The number of carbonyl (C=O) groups excluding carboxylic acids is 1. The van der Waals surface area contributed by atoms with Crippen LogP contribution in [0.2, 0.25) is 0 Å². The predicted octanol–water partition coefficient (Wildman–Crippen LogP) is 5.94. The van der Waals surface area contributed by atoms with E-state index in [1.807, 2.05) is 0 Å². The standard InChI is InChI=1S/C15H21F9O2S/c1-8(2)10(11(25)26-9(3)4)27-7-5-6-12(16,17)13(18,19)14(20,21)15(22,23)24/h8-10H,5-7H2,1-4H3. The monoisotopic (exact) mass is 436 g/mol. The van der Waals surface area contributed by atoms with Gasteiger partial charge in [0.15, 0.2) is 0 Å². The van der Waals surface area contributed by atoms with Crippen molar-refractivity contribution in [2.45, 2.75) is 75.8 Å². The highest BCUT2D eigenvalue weighted by Crippen LogP contribution is 2.54. The van der Waals surface area contributed by atoms with Crippen LogP contribution in [0.3, 0.4) is 0 Å². The van der Waals surface area contributed by atoms with Gasteiger partial charge in [-0.05, 0) is 31.9 Å². The molecule has 0 fully saturated rings. The van der Waals surface area contributed by atoms with Gasteiger partial charge in [0.2, 0.25) is 0 Å². The maximum Gasteiger partial charge on any atom is 0.460 e. The molecule has 0 aliphatic carbocycles. The summed E-state index contributed by atoms with van der Waals surface area (Å²) in [7, 11) is 0. The summed E-state index contributed by atoms with van der Waals surface area (Å²) in [6.45, 7) is 6.38. The molecule has 0 rings (SSSR count). The summed E-state index contributed by atoms with van der Waals surface area (Å²) in [6, 6.07) is 0. The zero-order chi connectivity index (χ0) is 21.8. The number of hydrogen-bond acceptors (Lipinski definition) is 3. The molecule has 0 aliphatic heterocycles. The first-order valence-electron chi connectivity index (χ1n) is 7.90. The van der Waals surface area contributed by atoms with Crippen molar-refractivity contribution in [2.24, 2.45) is 5.92 Å². The van der Waals surface area contributed by atoms with Gasteiger partial charge >= 0.3 is 29.9 Å². The summed E-state index contributed by atoms with van der Waals surface area (Å²) in [5.41, 5.74) is 0. The van der Waals surface area contributed by atoms with Crippen molar-refractivity contribution in [1.29, 1.82) is 0 Å². The van der Waals surface area contributed by atoms with Crippen molar-refractivity contribution in [3.63, 3.8) is 0 Å². The third-order valence-corrected chi connectivity index (χ3v) is 4.95. The van der Waals surface area contributed by atoms with Crippen LogP contribution in [0, 0.1) is 5.92 Å². The average molecular weight is 436 g/mol. The van der Waals surface area contributed by atoms with Crippen molar-refractivity contribution < 1.29 is 49.0 Å². The van der Waals surface area contributed by atoms with E-state index in [0.717, 1.165) is 11.8 Å². The molecule has 0 aromatic heterocycles. The van der Waals surface area contributed by atoms with Gasteiger partial charge in [-0.2, -0.15) is 39.5 Å². The Bertz CT molecular complexity index is 490. The summed E-state index contributed by atoms with van der Waals surface area (Å²) in [6.07, 6.45) is -9.98. The topological polar surface area (TPSA) is 26.3 Å². The van der Waals surface area contributed by atoms with Crippen LogP contribution in [0.5, 0.6) is 0 Å². The molecule has 12 heteroatoms. The third kappa shape index (κ3) is 6.35. The van der Waals surface area contributed by atoms with Gasteiger partial charge in [0.05, 0.1) is 6.10 Å². The number of rotatable bonds is 10. The van der Waals surface area contributed by atoms with Gasteiger partial charge in [-0.25, -0.2) is 0 Å². The third-order valence-electron chi connectivity index (χ3n) is 3.33. The van der Waals surface area contributed by atoms with Crippen molar-refractivity contribution in [1.82, 2.24) is 0 Å². The summed E-state index contributed by atoms with van der Waals surface area (Å²) < 4.78 is 120. The molecule has 0 aromatic carbocycles. The molecule has 0 heterocycles. The second-order valence-corrected chi connectivity index (χ2v) is 7.73. The largest absolute Gasteiger partial charge is 0.462 e. The molecule has 1 atom stereocenters. The molecular weight excluding hydrogens is 415 g/mol. The van der Waals surface area contributed by atoms with Gasteiger partial charge in [-0.15, -0.1) is 11.8 Å². The Morgan fingerprint density at radius 3 is 1.74 bits per heavy atom. The van der Waals surface area contributed by atoms with Gasteiger partial charge in [0.1, 0.15) is 5.25 Å². The molecule has 0 radical (unpaired) electrons. The zero-order valence-electron chi connectivity index (χ0n) is 15.0. The normalized spacial score (nSPS) is 15.4. The van der Waals surface area contributed by atoms with Crippen LogP contribution < -0.4 is 0 Å². The fourth-order valence-electron chi connectivity index (χ4n) is 1.90. The van der Waals surface area contributed by atoms with Crippen LogP contribution in [0.4, 0.5) is 39.5 Å². The van der Waals surface area contributed by atoms with E-state index in [0.29, 0.717) is 0 Å². The minimum Gasteiger partial charge on any atom is -0.462 e. The van der Waals surface area contributed by atoms with Gasteiger partial charge in [0, 0.05) is 6.42 Å². The van der Waals surface area contributed by atoms with Crippen LogP contribution >= 0.6 is 11.8 Å². The lowest BCUT2D eigenvalue weighted by molar-refractivity contribution is -0.396. The van der Waals surface area contributed by atoms with Gasteiger partial charge < -0.3 is 4.74 Å². The lowest BCUT2D eigenvalue weighted by Gasteiger charge is -2.33. The molecule has 0 N–H and O–H groups in total. The van der Waals surface area contributed by atoms with Gasteiger partial charge in [0.25, 0.3) is 0 Å². The van der Waals surface area contributed by atoms with Crippen LogP contribution in [0.25, 0.3) is 0 Å². The van der Waals surface area contributed by atoms with E-state index in [2.05, 4.69) is 0 Å². The summed E-state index contributed by atoms with van der Waals surface area (Å²) in [5.74, 6) is -20.4. The molecular formula is C15H21F9O2S. The number of alkyl halides is 9. The maximum absolute atomic E-state index is 13.4. The van der Waals surface area contributed by atoms with Crippen LogP contribution in [-0.2, 0) is 9.53 Å². The second-order valence-electron chi connectivity index (χ2n) is 6.48. The highest BCUT2D eigenvalue weighted by atomic mass is 32.2. The molecule has 0 aromatic rings. The van der Waals surface area contributed by atoms with E-state index >= 15 is 0 Å². The molecule has 1 unspecified atom stereocenters. The van der Waals surface area contributed by atoms with E-state index in [4.69, 9.17) is 4.74 Å². The Hall–Kier alpha value is -0.810. The molecule has 27 heavy (non-hydrogen) atoms. The van der Waals surface area contributed by atoms with E-state index in [9.17, 15) is 44.3 Å². The summed E-state index contributed by atoms with van der Waals surface area (Å²) in [4.78, 5) is 11.9. The Morgan fingerprint density at radius 2 is 1.37 bits per heavy atom. The highest BCUT2D eigenvalue weighted by molar-refractivity contribution is 8.00. The summed E-state index contributed by atoms with van der Waals surface area (Å²) >= 11 is 0.782. The molecule has 2 nitrogen and oxygen atoms in total. The first-order chi connectivity index (χ1) is 11.9. The predicted molar refractivity (Wildman–Crippen MR) is 82.4 cm³/mol. The average Bonchev–Trinajstić information content (AvgIpc) is 2.43. The number of hydrogen-bond donors (Lipinski definition) is 0. The Morgan fingerprint density at radius 1 is 0.889 bits per heavy atom. The van der Waals surface area contributed by atoms with E-state index in [-0.39, 0.29) is 11.7 Å². The number of ether oxygens (including phenoxy) is 1. The molecule has 0 saturated carbocycles. The van der Waals surface area contributed by atoms with Crippen LogP contribution in [-0.4, -0.2) is 47.0 Å². The Balaban J connectivity index is 4.93. The molecule has 0 aliphatic rings. The second kappa shape index (κ2) is 9.13. The highest BCUT2D eigenvalue weighted by Gasteiger charge is 2.81.